The van der Waals surface area contributed by atoms with Gasteiger partial charge in [0.15, 0.2) is 5.82 Å². The molecule has 0 fully saturated rings. The van der Waals surface area contributed by atoms with Crippen molar-refractivity contribution in [2.24, 2.45) is 11.7 Å². The fraction of sp³-hybridized carbons (Fsp3) is 0.179. The van der Waals surface area contributed by atoms with E-state index in [1.54, 1.807) is 7.11 Å². The van der Waals surface area contributed by atoms with Gasteiger partial charge < -0.3 is 21.2 Å². The highest BCUT2D eigenvalue weighted by Gasteiger charge is 2.32. The molecule has 2 heterocycles. The number of hydrogen-bond donors (Lipinski definition) is 4. The third-order valence-corrected chi connectivity index (χ3v) is 6.91. The van der Waals surface area contributed by atoms with E-state index in [0.717, 1.165) is 33.3 Å². The summed E-state index contributed by atoms with van der Waals surface area (Å²) in [5.41, 5.74) is 16.1. The van der Waals surface area contributed by atoms with Gasteiger partial charge in [0, 0.05) is 16.9 Å². The number of carbonyl (C=O) groups excluding carboxylic acids is 1. The highest BCUT2D eigenvalue weighted by molar-refractivity contribution is 6.32. The molecule has 0 spiro atoms. The van der Waals surface area contributed by atoms with E-state index < -0.39 is 11.8 Å². The third-order valence-electron chi connectivity index (χ3n) is 6.63. The molecule has 0 radical (unpaired) electrons. The van der Waals surface area contributed by atoms with Crippen molar-refractivity contribution in [1.82, 2.24) is 20.2 Å². The average molecular weight is 515 g/mol. The number of H-pyrrole nitrogens is 2. The summed E-state index contributed by atoms with van der Waals surface area (Å²) < 4.78 is 5.37. The van der Waals surface area contributed by atoms with E-state index in [4.69, 9.17) is 32.8 Å². The van der Waals surface area contributed by atoms with Crippen LogP contribution in [0.5, 0.6) is 5.75 Å². The molecular formula is C28H27ClN6O2. The standard InChI is InChI=1S/C28H27ClN6O2/c1-37-19-9-5-8-17(12-19)14-21(27(31)36)22(13-16-6-3-2-4-7-16)28-32-24(25(29)33-28)18-10-11-20-23(15-18)34-35-26(20)30/h2-12,15,21-22H,13-14H2,1H3,(H2,31,36)(H,32,33)(H3,30,34,35)/t21?,22-/m0/s1. The summed E-state index contributed by atoms with van der Waals surface area (Å²) in [6.45, 7) is 0. The Morgan fingerprint density at radius 1 is 1.03 bits per heavy atom. The highest BCUT2D eigenvalue weighted by atomic mass is 35.5. The average Bonchev–Trinajstić information content (AvgIpc) is 3.48. The second-order valence-corrected chi connectivity index (χ2v) is 9.39. The predicted octanol–water partition coefficient (Wildman–Crippen LogP) is 4.87. The Balaban J connectivity index is 1.55. The van der Waals surface area contributed by atoms with Gasteiger partial charge >= 0.3 is 0 Å². The molecule has 5 rings (SSSR count). The maximum atomic E-state index is 12.9. The predicted molar refractivity (Wildman–Crippen MR) is 145 cm³/mol. The van der Waals surface area contributed by atoms with E-state index in [2.05, 4.69) is 15.2 Å². The Morgan fingerprint density at radius 3 is 2.57 bits per heavy atom. The minimum Gasteiger partial charge on any atom is -0.497 e. The third kappa shape index (κ3) is 5.15. The van der Waals surface area contributed by atoms with Crippen LogP contribution in [0.25, 0.3) is 22.2 Å². The van der Waals surface area contributed by atoms with Crippen molar-refractivity contribution in [3.63, 3.8) is 0 Å². The maximum Gasteiger partial charge on any atom is 0.221 e. The van der Waals surface area contributed by atoms with Gasteiger partial charge in [-0.15, -0.1) is 0 Å². The first-order valence-electron chi connectivity index (χ1n) is 11.9. The molecule has 0 saturated carbocycles. The number of methoxy groups -OCH3 is 1. The maximum absolute atomic E-state index is 12.9. The van der Waals surface area contributed by atoms with Crippen LogP contribution in [0.2, 0.25) is 5.15 Å². The molecule has 0 aliphatic carbocycles. The monoisotopic (exact) mass is 514 g/mol. The zero-order valence-corrected chi connectivity index (χ0v) is 21.0. The number of ether oxygens (including phenoxy) is 1. The van der Waals surface area contributed by atoms with Crippen molar-refractivity contribution in [1.29, 1.82) is 0 Å². The van der Waals surface area contributed by atoms with Crippen LogP contribution in [-0.4, -0.2) is 33.2 Å². The number of primary amides is 1. The lowest BCUT2D eigenvalue weighted by molar-refractivity contribution is -0.122. The number of halogens is 1. The lowest BCUT2D eigenvalue weighted by atomic mass is 9.81. The molecule has 5 aromatic rings. The Bertz CT molecular complexity index is 1550. The van der Waals surface area contributed by atoms with Gasteiger partial charge in [-0.05, 0) is 48.2 Å². The number of anilines is 1. The fourth-order valence-corrected chi connectivity index (χ4v) is 4.96. The fourth-order valence-electron chi connectivity index (χ4n) is 4.72. The number of imidazole rings is 1. The molecule has 188 valence electrons. The molecule has 1 amide bonds. The zero-order valence-electron chi connectivity index (χ0n) is 20.2. The highest BCUT2D eigenvalue weighted by Crippen LogP contribution is 2.35. The second-order valence-electron chi connectivity index (χ2n) is 9.01. The summed E-state index contributed by atoms with van der Waals surface area (Å²) in [5, 5.41) is 8.18. The van der Waals surface area contributed by atoms with Gasteiger partial charge in [0.1, 0.15) is 22.4 Å². The largest absolute Gasteiger partial charge is 0.497 e. The van der Waals surface area contributed by atoms with Crippen molar-refractivity contribution in [2.75, 3.05) is 12.8 Å². The number of nitrogens with one attached hydrogen (secondary N) is 2. The van der Waals surface area contributed by atoms with Crippen LogP contribution in [0.1, 0.15) is 22.9 Å². The van der Waals surface area contributed by atoms with E-state index in [-0.39, 0.29) is 5.92 Å². The molecule has 0 bridgehead atoms. The molecule has 37 heavy (non-hydrogen) atoms. The van der Waals surface area contributed by atoms with Crippen LogP contribution >= 0.6 is 11.6 Å². The number of fused-ring (bicyclic) bond motifs is 1. The molecular weight excluding hydrogens is 488 g/mol. The van der Waals surface area contributed by atoms with Gasteiger partial charge in [-0.25, -0.2) is 4.98 Å². The second kappa shape index (κ2) is 10.4. The summed E-state index contributed by atoms with van der Waals surface area (Å²) in [4.78, 5) is 21.0. The SMILES string of the molecule is COc1cccc(CC(C(N)=O)[C@H](Cc2ccccc2)c2nc(-c3ccc4c(N)n[nH]c4c3)c(Cl)[nH]2)c1. The number of benzene rings is 3. The van der Waals surface area contributed by atoms with Crippen molar-refractivity contribution >= 4 is 34.2 Å². The number of aromatic nitrogens is 4. The summed E-state index contributed by atoms with van der Waals surface area (Å²) in [5.74, 6) is 0.451. The Labute approximate surface area is 219 Å². The van der Waals surface area contributed by atoms with E-state index in [1.165, 1.54) is 0 Å². The van der Waals surface area contributed by atoms with Crippen molar-refractivity contribution in [3.8, 4) is 17.0 Å². The minimum absolute atomic E-state index is 0.344. The summed E-state index contributed by atoms with van der Waals surface area (Å²) in [6, 6.07) is 23.3. The lowest BCUT2D eigenvalue weighted by Crippen LogP contribution is -2.32. The molecule has 0 saturated heterocycles. The number of nitrogen functional groups attached to an aromatic ring is 1. The van der Waals surface area contributed by atoms with Gasteiger partial charge in [0.05, 0.1) is 18.5 Å². The van der Waals surface area contributed by atoms with Gasteiger partial charge in [-0.1, -0.05) is 60.1 Å². The first-order chi connectivity index (χ1) is 17.9. The molecule has 1 unspecified atom stereocenters. The van der Waals surface area contributed by atoms with Crippen LogP contribution < -0.4 is 16.2 Å². The van der Waals surface area contributed by atoms with E-state index >= 15 is 0 Å². The molecule has 0 aliphatic rings. The Morgan fingerprint density at radius 2 is 1.81 bits per heavy atom. The van der Waals surface area contributed by atoms with E-state index in [1.807, 2.05) is 72.8 Å². The topological polar surface area (TPSA) is 136 Å². The number of nitrogens with two attached hydrogens (primary N) is 2. The molecule has 3 aromatic carbocycles. The van der Waals surface area contributed by atoms with Crippen LogP contribution in [0.15, 0.2) is 72.8 Å². The molecule has 2 atom stereocenters. The molecule has 8 nitrogen and oxygen atoms in total. The number of hydrogen-bond acceptors (Lipinski definition) is 5. The summed E-state index contributed by atoms with van der Waals surface area (Å²) in [7, 11) is 1.62. The summed E-state index contributed by atoms with van der Waals surface area (Å²) in [6.07, 6.45) is 0.981. The van der Waals surface area contributed by atoms with Crippen molar-refractivity contribution in [3.05, 3.63) is 94.9 Å². The Kier molecular flexibility index (Phi) is 6.83. The molecule has 6 N–H and O–H groups in total. The van der Waals surface area contributed by atoms with Gasteiger partial charge in [0.25, 0.3) is 0 Å². The first-order valence-corrected chi connectivity index (χ1v) is 12.3. The molecule has 0 aliphatic heterocycles. The van der Waals surface area contributed by atoms with Crippen LogP contribution in [0.3, 0.4) is 0 Å². The lowest BCUT2D eigenvalue weighted by Gasteiger charge is -2.24. The van der Waals surface area contributed by atoms with E-state index in [9.17, 15) is 4.79 Å². The van der Waals surface area contributed by atoms with Gasteiger partial charge in [-0.3, -0.25) is 9.89 Å². The van der Waals surface area contributed by atoms with Gasteiger partial charge in [0.2, 0.25) is 5.91 Å². The smallest absolute Gasteiger partial charge is 0.221 e. The molecule has 9 heteroatoms. The van der Waals surface area contributed by atoms with Crippen molar-refractivity contribution < 1.29 is 9.53 Å². The number of carbonyl (C=O) groups is 1. The Hall–Kier alpha value is -4.30. The van der Waals surface area contributed by atoms with Crippen LogP contribution in [0, 0.1) is 5.92 Å². The molecule has 2 aromatic heterocycles. The number of rotatable bonds is 9. The van der Waals surface area contributed by atoms with Crippen LogP contribution in [0.4, 0.5) is 5.82 Å². The number of amides is 1. The normalized spacial score (nSPS) is 12.9. The van der Waals surface area contributed by atoms with E-state index in [0.29, 0.717) is 35.3 Å². The minimum atomic E-state index is -0.544. The number of aromatic amines is 2. The summed E-state index contributed by atoms with van der Waals surface area (Å²) >= 11 is 6.67. The zero-order chi connectivity index (χ0) is 25.9. The van der Waals surface area contributed by atoms with Gasteiger partial charge in [-0.2, -0.15) is 5.10 Å². The van der Waals surface area contributed by atoms with Crippen LogP contribution in [-0.2, 0) is 17.6 Å². The quantitative estimate of drug-likeness (QED) is 0.222. The first kappa shape index (κ1) is 24.4. The van der Waals surface area contributed by atoms with Crippen molar-refractivity contribution in [2.45, 2.75) is 18.8 Å². The number of nitrogens with zero attached hydrogens (tertiary/aromatic N) is 2.